The van der Waals surface area contributed by atoms with E-state index in [1.165, 1.54) is 0 Å². The van der Waals surface area contributed by atoms with Crippen molar-refractivity contribution in [3.63, 3.8) is 0 Å². The smallest absolute Gasteiger partial charge is 0.379 e. The topological polar surface area (TPSA) is 35.2 Å². The molecule has 0 saturated heterocycles. The lowest BCUT2D eigenvalue weighted by Gasteiger charge is -2.18. The predicted octanol–water partition coefficient (Wildman–Crippen LogP) is 1.69. The highest BCUT2D eigenvalue weighted by Crippen LogP contribution is 2.19. The van der Waals surface area contributed by atoms with Gasteiger partial charge in [-0.3, -0.25) is 0 Å². The van der Waals surface area contributed by atoms with E-state index in [1.54, 1.807) is 13.8 Å². The van der Waals surface area contributed by atoms with Crippen molar-refractivity contribution >= 4 is 0 Å². The fraction of sp³-hybridized carbons (Fsp3) is 1.00. The Bertz CT molecular complexity index is 112. The van der Waals surface area contributed by atoms with Gasteiger partial charge in [0, 0.05) is 5.54 Å². The van der Waals surface area contributed by atoms with E-state index in [0.717, 1.165) is 0 Å². The first-order chi connectivity index (χ1) is 5.21. The van der Waals surface area contributed by atoms with Crippen LogP contribution in [0.2, 0.25) is 0 Å². The third kappa shape index (κ3) is 9.71. The molecule has 0 heterocycles. The van der Waals surface area contributed by atoms with E-state index in [2.05, 4.69) is 0 Å². The van der Waals surface area contributed by atoms with Crippen LogP contribution in [0.15, 0.2) is 0 Å². The number of nitrogens with two attached hydrogens (primary N) is 1. The van der Waals surface area contributed by atoms with Gasteiger partial charge in [-0.15, -0.1) is 0 Å². The Morgan fingerprint density at radius 1 is 1.25 bits per heavy atom. The minimum atomic E-state index is -4.14. The Kier molecular flexibility index (Phi) is 3.99. The molecule has 5 heteroatoms. The highest BCUT2D eigenvalue weighted by Gasteiger charge is 2.26. The van der Waals surface area contributed by atoms with Crippen molar-refractivity contribution in [2.75, 3.05) is 13.2 Å². The molecule has 0 rings (SSSR count). The lowest BCUT2D eigenvalue weighted by molar-refractivity contribution is -0.146. The van der Waals surface area contributed by atoms with Crippen LogP contribution in [-0.2, 0) is 4.74 Å². The average Bonchev–Trinajstić information content (AvgIpc) is 1.76. The molecule has 0 aromatic rings. The van der Waals surface area contributed by atoms with Crippen LogP contribution in [-0.4, -0.2) is 24.9 Å². The number of hydrogen-bond donors (Lipinski definition) is 1. The first kappa shape index (κ1) is 11.7. The van der Waals surface area contributed by atoms with Crippen molar-refractivity contribution in [1.82, 2.24) is 0 Å². The summed E-state index contributed by atoms with van der Waals surface area (Å²) in [6.45, 7) is 3.22. The summed E-state index contributed by atoms with van der Waals surface area (Å²) < 4.78 is 39.4. The molecule has 0 aromatic heterocycles. The van der Waals surface area contributed by atoms with E-state index in [0.29, 0.717) is 0 Å². The van der Waals surface area contributed by atoms with Gasteiger partial charge in [0.05, 0.1) is 19.6 Å². The molecular formula is C7H14F3NO. The van der Waals surface area contributed by atoms with Gasteiger partial charge in [-0.2, -0.15) is 13.2 Å². The van der Waals surface area contributed by atoms with Gasteiger partial charge in [0.25, 0.3) is 0 Å². The third-order valence-electron chi connectivity index (χ3n) is 1.00. The molecule has 0 spiro atoms. The maximum atomic E-state index is 11.6. The summed E-state index contributed by atoms with van der Waals surface area (Å²) in [7, 11) is 0. The highest BCUT2D eigenvalue weighted by molar-refractivity contribution is 4.70. The van der Waals surface area contributed by atoms with E-state index in [-0.39, 0.29) is 13.2 Å². The molecule has 0 bridgehead atoms. The summed E-state index contributed by atoms with van der Waals surface area (Å²) in [6, 6.07) is 0. The van der Waals surface area contributed by atoms with E-state index < -0.39 is 18.1 Å². The van der Waals surface area contributed by atoms with E-state index in [4.69, 9.17) is 10.5 Å². The largest absolute Gasteiger partial charge is 0.391 e. The van der Waals surface area contributed by atoms with Gasteiger partial charge in [0.1, 0.15) is 0 Å². The summed E-state index contributed by atoms with van der Waals surface area (Å²) >= 11 is 0. The van der Waals surface area contributed by atoms with E-state index in [1.807, 2.05) is 0 Å². The van der Waals surface area contributed by atoms with Crippen molar-refractivity contribution in [3.05, 3.63) is 0 Å². The normalized spacial score (nSPS) is 13.5. The number of rotatable bonds is 4. The summed E-state index contributed by atoms with van der Waals surface area (Å²) in [5.41, 5.74) is 4.92. The van der Waals surface area contributed by atoms with Crippen molar-refractivity contribution in [2.24, 2.45) is 5.73 Å². The molecule has 0 saturated carbocycles. The molecule has 2 N–H and O–H groups in total. The van der Waals surface area contributed by atoms with Gasteiger partial charge in [-0.25, -0.2) is 0 Å². The molecule has 0 radical (unpaired) electrons. The second-order valence-corrected chi connectivity index (χ2v) is 3.41. The zero-order valence-corrected chi connectivity index (χ0v) is 7.24. The second kappa shape index (κ2) is 4.09. The fourth-order valence-corrected chi connectivity index (χ4v) is 0.523. The van der Waals surface area contributed by atoms with Crippen LogP contribution in [0.1, 0.15) is 20.3 Å². The minimum absolute atomic E-state index is 0.142. The molecule has 0 aliphatic carbocycles. The second-order valence-electron chi connectivity index (χ2n) is 3.41. The summed E-state index contributed by atoms with van der Waals surface area (Å²) in [6.07, 6.45) is -5.05. The highest BCUT2D eigenvalue weighted by atomic mass is 19.4. The quantitative estimate of drug-likeness (QED) is 0.676. The number of ether oxygens (including phenoxy) is 1. The zero-order valence-electron chi connectivity index (χ0n) is 7.24. The molecule has 2 nitrogen and oxygen atoms in total. The van der Waals surface area contributed by atoms with Crippen LogP contribution < -0.4 is 5.73 Å². The summed E-state index contributed by atoms with van der Waals surface area (Å²) in [4.78, 5) is 0. The minimum Gasteiger partial charge on any atom is -0.379 e. The Morgan fingerprint density at radius 2 is 1.75 bits per heavy atom. The molecule has 0 fully saturated rings. The monoisotopic (exact) mass is 185 g/mol. The molecule has 0 aromatic carbocycles. The van der Waals surface area contributed by atoms with Crippen LogP contribution in [0.4, 0.5) is 13.2 Å². The average molecular weight is 185 g/mol. The Labute approximate surface area is 69.9 Å². The summed E-state index contributed by atoms with van der Waals surface area (Å²) in [5.74, 6) is 0. The van der Waals surface area contributed by atoms with Crippen LogP contribution in [0.3, 0.4) is 0 Å². The number of alkyl halides is 3. The SMILES string of the molecule is CC(C)(N)COCCC(F)(F)F. The molecule has 74 valence electrons. The standard InChI is InChI=1S/C7H14F3NO/c1-6(2,11)5-12-4-3-7(8,9)10/h3-5,11H2,1-2H3. The maximum absolute atomic E-state index is 11.6. The Morgan fingerprint density at radius 3 is 2.08 bits per heavy atom. The predicted molar refractivity (Wildman–Crippen MR) is 39.8 cm³/mol. The van der Waals surface area contributed by atoms with Gasteiger partial charge < -0.3 is 10.5 Å². The molecule has 12 heavy (non-hydrogen) atoms. The van der Waals surface area contributed by atoms with Gasteiger partial charge in [0.2, 0.25) is 0 Å². The van der Waals surface area contributed by atoms with Crippen LogP contribution in [0, 0.1) is 0 Å². The molecule has 0 atom stereocenters. The fourth-order valence-electron chi connectivity index (χ4n) is 0.523. The van der Waals surface area contributed by atoms with Crippen molar-refractivity contribution in [2.45, 2.75) is 32.0 Å². The first-order valence-corrected chi connectivity index (χ1v) is 3.64. The Balaban J connectivity index is 3.35. The maximum Gasteiger partial charge on any atom is 0.391 e. The van der Waals surface area contributed by atoms with Gasteiger partial charge >= 0.3 is 6.18 Å². The molecule has 0 aliphatic rings. The van der Waals surface area contributed by atoms with Crippen LogP contribution >= 0.6 is 0 Å². The van der Waals surface area contributed by atoms with Crippen molar-refractivity contribution < 1.29 is 17.9 Å². The van der Waals surface area contributed by atoms with E-state index >= 15 is 0 Å². The van der Waals surface area contributed by atoms with Crippen LogP contribution in [0.25, 0.3) is 0 Å². The third-order valence-corrected chi connectivity index (χ3v) is 1.00. The zero-order chi connectivity index (χ0) is 9.83. The van der Waals surface area contributed by atoms with Crippen LogP contribution in [0.5, 0.6) is 0 Å². The lowest BCUT2D eigenvalue weighted by Crippen LogP contribution is -2.37. The number of halogens is 3. The number of hydrogen-bond acceptors (Lipinski definition) is 2. The summed E-state index contributed by atoms with van der Waals surface area (Å²) in [5, 5.41) is 0. The van der Waals surface area contributed by atoms with Gasteiger partial charge in [0.15, 0.2) is 0 Å². The first-order valence-electron chi connectivity index (χ1n) is 3.64. The lowest BCUT2D eigenvalue weighted by atomic mass is 10.1. The van der Waals surface area contributed by atoms with Crippen molar-refractivity contribution in [1.29, 1.82) is 0 Å². The van der Waals surface area contributed by atoms with E-state index in [9.17, 15) is 13.2 Å². The van der Waals surface area contributed by atoms with Gasteiger partial charge in [-0.05, 0) is 13.8 Å². The molecule has 0 aliphatic heterocycles. The molecule has 0 unspecified atom stereocenters. The molecular weight excluding hydrogens is 171 g/mol. The molecule has 0 amide bonds. The van der Waals surface area contributed by atoms with Crippen molar-refractivity contribution in [3.8, 4) is 0 Å². The van der Waals surface area contributed by atoms with Gasteiger partial charge in [-0.1, -0.05) is 0 Å². The Hall–Kier alpha value is -0.290.